The van der Waals surface area contributed by atoms with Crippen molar-refractivity contribution in [2.45, 2.75) is 13.8 Å². The molecule has 1 heterocycles. The summed E-state index contributed by atoms with van der Waals surface area (Å²) in [5.74, 6) is 0. The molecule has 2 N–H and O–H groups in total. The summed E-state index contributed by atoms with van der Waals surface area (Å²) in [5, 5.41) is 0. The zero-order valence-corrected chi connectivity index (χ0v) is 7.22. The Morgan fingerprint density at radius 2 is 1.50 bits per heavy atom. The first-order valence-corrected chi connectivity index (χ1v) is 4.03. The van der Waals surface area contributed by atoms with Gasteiger partial charge in [-0.05, 0) is 12.1 Å². The van der Waals surface area contributed by atoms with Crippen LogP contribution in [0.3, 0.4) is 0 Å². The molecule has 3 nitrogen and oxygen atoms in total. The van der Waals surface area contributed by atoms with Crippen LogP contribution in [0.4, 0.5) is 0 Å². The lowest BCUT2D eigenvalue weighted by molar-refractivity contribution is 1.22. The van der Waals surface area contributed by atoms with Gasteiger partial charge in [0.2, 0.25) is 0 Å². The number of nitrogens with one attached hydrogen (secondary N) is 2. The highest BCUT2D eigenvalue weighted by atomic mass is 16.1. The van der Waals surface area contributed by atoms with E-state index in [9.17, 15) is 4.79 Å². The minimum Gasteiger partial charge on any atom is -0.306 e. The highest BCUT2D eigenvalue weighted by Crippen LogP contribution is 2.03. The van der Waals surface area contributed by atoms with Gasteiger partial charge >= 0.3 is 5.69 Å². The monoisotopic (exact) mass is 168 g/mol. The SMILES string of the molecule is CC.O=c1[nH]c2ccccc2[nH]1.[HH].[HH]. The summed E-state index contributed by atoms with van der Waals surface area (Å²) in [6.07, 6.45) is 0. The molecule has 0 aliphatic carbocycles. The van der Waals surface area contributed by atoms with E-state index in [1.165, 1.54) is 0 Å². The van der Waals surface area contributed by atoms with Gasteiger partial charge in [0.05, 0.1) is 11.0 Å². The number of aromatic amines is 2. The topological polar surface area (TPSA) is 48.6 Å². The van der Waals surface area contributed by atoms with Crippen molar-refractivity contribution in [3.05, 3.63) is 34.7 Å². The quantitative estimate of drug-likeness (QED) is 0.623. The lowest BCUT2D eigenvalue weighted by Crippen LogP contribution is -1.99. The van der Waals surface area contributed by atoms with Gasteiger partial charge in [-0.15, -0.1) is 0 Å². The van der Waals surface area contributed by atoms with Crippen molar-refractivity contribution in [1.82, 2.24) is 9.97 Å². The summed E-state index contributed by atoms with van der Waals surface area (Å²) in [4.78, 5) is 16.0. The molecule has 0 unspecified atom stereocenters. The summed E-state index contributed by atoms with van der Waals surface area (Å²) in [6.45, 7) is 4.00. The number of hydrogen-bond donors (Lipinski definition) is 2. The van der Waals surface area contributed by atoms with Crippen LogP contribution >= 0.6 is 0 Å². The van der Waals surface area contributed by atoms with Crippen molar-refractivity contribution in [3.8, 4) is 0 Å². The zero-order chi connectivity index (χ0) is 8.97. The molecule has 2 rings (SSSR count). The molecule has 0 saturated carbocycles. The van der Waals surface area contributed by atoms with Crippen molar-refractivity contribution >= 4 is 11.0 Å². The standard InChI is InChI=1S/C7H6N2O.C2H6.2H2/c10-7-8-5-3-1-2-4-6(5)9-7;1-2;;/h1-4H,(H2,8,9,10);1-2H3;2*1H. The van der Waals surface area contributed by atoms with Crippen LogP contribution in [0.1, 0.15) is 16.7 Å². The van der Waals surface area contributed by atoms with E-state index in [0.29, 0.717) is 0 Å². The van der Waals surface area contributed by atoms with Crippen LogP contribution < -0.4 is 5.69 Å². The third-order valence-electron chi connectivity index (χ3n) is 1.42. The number of H-pyrrole nitrogens is 2. The van der Waals surface area contributed by atoms with Crippen LogP contribution in [0.2, 0.25) is 0 Å². The summed E-state index contributed by atoms with van der Waals surface area (Å²) in [7, 11) is 0. The summed E-state index contributed by atoms with van der Waals surface area (Å²) < 4.78 is 0. The average molecular weight is 168 g/mol. The highest BCUT2D eigenvalue weighted by Gasteiger charge is 1.92. The molecule has 0 saturated heterocycles. The van der Waals surface area contributed by atoms with Gasteiger partial charge in [-0.1, -0.05) is 26.0 Å². The lowest BCUT2D eigenvalue weighted by atomic mass is 10.3. The predicted molar refractivity (Wildman–Crippen MR) is 54.5 cm³/mol. The van der Waals surface area contributed by atoms with E-state index < -0.39 is 0 Å². The fraction of sp³-hybridized carbons (Fsp3) is 0.222. The molecule has 0 bridgehead atoms. The number of benzene rings is 1. The Kier molecular flexibility index (Phi) is 2.69. The molecular formula is C9H16N2O. The molecule has 3 heteroatoms. The molecule has 0 fully saturated rings. The predicted octanol–water partition coefficient (Wildman–Crippen LogP) is 2.37. The first-order chi connectivity index (χ1) is 5.86. The maximum atomic E-state index is 10.7. The molecule has 0 atom stereocenters. The number of rotatable bonds is 0. The Hall–Kier alpha value is -1.51. The fourth-order valence-electron chi connectivity index (χ4n) is 0.977. The molecule has 68 valence electrons. The lowest BCUT2D eigenvalue weighted by Gasteiger charge is -1.81. The van der Waals surface area contributed by atoms with Gasteiger partial charge in [0.1, 0.15) is 0 Å². The molecule has 2 aromatic rings. The van der Waals surface area contributed by atoms with Crippen LogP contribution in [0, 0.1) is 0 Å². The average Bonchev–Trinajstić information content (AvgIpc) is 2.48. The van der Waals surface area contributed by atoms with Crippen LogP contribution in [-0.2, 0) is 0 Å². The molecular weight excluding hydrogens is 152 g/mol. The second kappa shape index (κ2) is 3.76. The van der Waals surface area contributed by atoms with Crippen LogP contribution in [0.15, 0.2) is 29.1 Å². The summed E-state index contributed by atoms with van der Waals surface area (Å²) >= 11 is 0. The maximum absolute atomic E-state index is 10.7. The van der Waals surface area contributed by atoms with Gasteiger partial charge in [-0.2, -0.15) is 0 Å². The number of hydrogen-bond acceptors (Lipinski definition) is 1. The van der Waals surface area contributed by atoms with E-state index in [4.69, 9.17) is 0 Å². The van der Waals surface area contributed by atoms with Crippen molar-refractivity contribution in [3.63, 3.8) is 0 Å². The third kappa shape index (κ3) is 1.56. The third-order valence-corrected chi connectivity index (χ3v) is 1.42. The van der Waals surface area contributed by atoms with Gasteiger partial charge in [-0.25, -0.2) is 4.79 Å². The molecule has 0 amide bonds. The van der Waals surface area contributed by atoms with Gasteiger partial charge in [0, 0.05) is 2.85 Å². The zero-order valence-electron chi connectivity index (χ0n) is 7.22. The van der Waals surface area contributed by atoms with E-state index in [2.05, 4.69) is 9.97 Å². The molecule has 0 radical (unpaired) electrons. The van der Waals surface area contributed by atoms with Gasteiger partial charge < -0.3 is 9.97 Å². The van der Waals surface area contributed by atoms with Gasteiger partial charge in [0.15, 0.2) is 0 Å². The molecule has 0 aliphatic heterocycles. The Morgan fingerprint density at radius 3 is 1.92 bits per heavy atom. The van der Waals surface area contributed by atoms with Crippen molar-refractivity contribution < 1.29 is 2.85 Å². The Labute approximate surface area is 73.4 Å². The normalized spacial score (nSPS) is 9.17. The minimum atomic E-state index is -0.152. The van der Waals surface area contributed by atoms with Crippen molar-refractivity contribution in [2.75, 3.05) is 0 Å². The smallest absolute Gasteiger partial charge is 0.306 e. The molecule has 0 aliphatic rings. The van der Waals surface area contributed by atoms with Gasteiger partial charge in [-0.3, -0.25) is 0 Å². The van der Waals surface area contributed by atoms with Crippen LogP contribution in [-0.4, -0.2) is 9.97 Å². The first kappa shape index (κ1) is 8.59. The summed E-state index contributed by atoms with van der Waals surface area (Å²) in [5.41, 5.74) is 1.56. The minimum absolute atomic E-state index is 0. The van der Waals surface area contributed by atoms with E-state index in [1.54, 1.807) is 0 Å². The Balaban J connectivity index is 0. The van der Waals surface area contributed by atoms with E-state index in [0.717, 1.165) is 11.0 Å². The number of para-hydroxylation sites is 2. The van der Waals surface area contributed by atoms with Crippen molar-refractivity contribution in [2.24, 2.45) is 0 Å². The number of imidazole rings is 1. The summed E-state index contributed by atoms with van der Waals surface area (Å²) in [6, 6.07) is 7.47. The van der Waals surface area contributed by atoms with Crippen molar-refractivity contribution in [1.29, 1.82) is 0 Å². The molecule has 0 spiro atoms. The highest BCUT2D eigenvalue weighted by molar-refractivity contribution is 5.73. The Morgan fingerprint density at radius 1 is 1.08 bits per heavy atom. The second-order valence-corrected chi connectivity index (χ2v) is 2.12. The number of aromatic nitrogens is 2. The largest absolute Gasteiger partial charge is 0.323 e. The first-order valence-electron chi connectivity index (χ1n) is 4.03. The fourth-order valence-corrected chi connectivity index (χ4v) is 0.977. The molecule has 1 aromatic carbocycles. The van der Waals surface area contributed by atoms with E-state index in [1.807, 2.05) is 38.1 Å². The van der Waals surface area contributed by atoms with Crippen LogP contribution in [0.5, 0.6) is 0 Å². The van der Waals surface area contributed by atoms with Gasteiger partial charge in [0.25, 0.3) is 0 Å². The van der Waals surface area contributed by atoms with E-state index >= 15 is 0 Å². The second-order valence-electron chi connectivity index (χ2n) is 2.12. The number of fused-ring (bicyclic) bond motifs is 1. The molecule has 12 heavy (non-hydrogen) atoms. The molecule has 1 aromatic heterocycles. The maximum Gasteiger partial charge on any atom is 0.323 e. The Bertz CT molecular complexity index is 372. The van der Waals surface area contributed by atoms with Crippen LogP contribution in [0.25, 0.3) is 11.0 Å². The van der Waals surface area contributed by atoms with E-state index in [-0.39, 0.29) is 8.54 Å².